The Bertz CT molecular complexity index is 481. The van der Waals surface area contributed by atoms with Gasteiger partial charge in [0, 0.05) is 6.42 Å². The third-order valence-corrected chi connectivity index (χ3v) is 3.94. The first-order valence-electron chi connectivity index (χ1n) is 8.55. The fourth-order valence-electron chi connectivity index (χ4n) is 2.43. The highest BCUT2D eigenvalue weighted by Gasteiger charge is 2.30. The summed E-state index contributed by atoms with van der Waals surface area (Å²) in [6.07, 6.45) is 8.29. The predicted molar refractivity (Wildman–Crippen MR) is 87.4 cm³/mol. The van der Waals surface area contributed by atoms with Gasteiger partial charge >= 0.3 is 0 Å². The predicted octanol–water partition coefficient (Wildman–Crippen LogP) is -1.37. The lowest BCUT2D eigenvalue weighted by atomic mass is 10.2. The summed E-state index contributed by atoms with van der Waals surface area (Å²) in [5.74, 6) is 1.12. The van der Waals surface area contributed by atoms with Crippen LogP contribution in [0.5, 0.6) is 0 Å². The molecule has 2 heterocycles. The second kappa shape index (κ2) is 10.00. The molecule has 0 saturated heterocycles. The first kappa shape index (κ1) is 20.1. The van der Waals surface area contributed by atoms with Gasteiger partial charge in [-0.15, -0.1) is 10.2 Å². The van der Waals surface area contributed by atoms with Gasteiger partial charge in [0.2, 0.25) is 5.84 Å². The van der Waals surface area contributed by atoms with Crippen molar-refractivity contribution in [2.45, 2.75) is 72.6 Å². The zero-order chi connectivity index (χ0) is 15.9. The van der Waals surface area contributed by atoms with Crippen LogP contribution in [0.25, 0.3) is 0 Å². The molecule has 0 saturated carbocycles. The number of rotatable bonds is 9. The molecule has 1 aromatic rings. The molecule has 0 unspecified atom stereocenters. The minimum Gasteiger partial charge on any atom is -1.00 e. The lowest BCUT2D eigenvalue weighted by Crippen LogP contribution is -3.00. The van der Waals surface area contributed by atoms with E-state index in [9.17, 15) is 0 Å². The normalized spacial score (nSPS) is 15.0. The molecular weight excluding hydrogens is 358 g/mol. The van der Waals surface area contributed by atoms with E-state index >= 15 is 0 Å². The standard InChI is InChI=1S/C15H29N7.BrH/c1-5-7-9-11-15-18-20(12-10-8-6-2)22(19-15)21-16-13(3)14(4)17-21;/h5-12H2,1-4H3,(H,18,19);1H. The maximum absolute atomic E-state index is 4.70. The monoisotopic (exact) mass is 387 g/mol. The molecule has 0 bridgehead atoms. The Morgan fingerprint density at radius 1 is 0.913 bits per heavy atom. The summed E-state index contributed by atoms with van der Waals surface area (Å²) in [6, 6.07) is 0. The molecule has 7 nitrogen and oxygen atoms in total. The molecule has 0 atom stereocenters. The summed E-state index contributed by atoms with van der Waals surface area (Å²) < 4.78 is 0. The lowest BCUT2D eigenvalue weighted by molar-refractivity contribution is -0.710. The van der Waals surface area contributed by atoms with Crippen LogP contribution >= 0.6 is 0 Å². The summed E-state index contributed by atoms with van der Waals surface area (Å²) in [4.78, 5) is 1.61. The van der Waals surface area contributed by atoms with E-state index in [4.69, 9.17) is 5.10 Å². The molecule has 0 radical (unpaired) electrons. The summed E-state index contributed by atoms with van der Waals surface area (Å²) in [5.41, 5.74) is 4.05. The molecule has 0 fully saturated rings. The third-order valence-electron chi connectivity index (χ3n) is 3.94. The highest BCUT2D eigenvalue weighted by Crippen LogP contribution is 2.06. The Kier molecular flexibility index (Phi) is 8.72. The van der Waals surface area contributed by atoms with E-state index in [1.165, 1.54) is 32.1 Å². The first-order valence-corrected chi connectivity index (χ1v) is 8.55. The van der Waals surface area contributed by atoms with Crippen LogP contribution in [0.15, 0.2) is 5.10 Å². The number of nitrogens with two attached hydrogens (primary N) is 1. The molecule has 1 aromatic heterocycles. The van der Waals surface area contributed by atoms with Crippen LogP contribution in [0.2, 0.25) is 0 Å². The number of unbranched alkanes of at least 4 members (excludes halogenated alkanes) is 4. The Labute approximate surface area is 149 Å². The molecule has 0 aromatic carbocycles. The second-order valence-electron chi connectivity index (χ2n) is 5.96. The molecule has 1 aliphatic heterocycles. The van der Waals surface area contributed by atoms with E-state index in [1.807, 2.05) is 13.8 Å². The van der Waals surface area contributed by atoms with E-state index in [2.05, 4.69) is 34.6 Å². The average molecular weight is 388 g/mol. The molecule has 1 aliphatic rings. The quantitative estimate of drug-likeness (QED) is 0.419. The number of aromatic nitrogens is 3. The molecule has 0 spiro atoms. The number of hydrogen-bond donors (Lipinski definition) is 1. The van der Waals surface area contributed by atoms with E-state index in [0.29, 0.717) is 0 Å². The summed E-state index contributed by atoms with van der Waals surface area (Å²) >= 11 is 0. The van der Waals surface area contributed by atoms with E-state index in [-0.39, 0.29) is 17.0 Å². The largest absolute Gasteiger partial charge is 1.00 e. The van der Waals surface area contributed by atoms with Gasteiger partial charge in [-0.2, -0.15) is 5.43 Å². The molecule has 8 heteroatoms. The molecule has 23 heavy (non-hydrogen) atoms. The minimum atomic E-state index is 0. The van der Waals surface area contributed by atoms with Gasteiger partial charge in [-0.25, -0.2) is 0 Å². The van der Waals surface area contributed by atoms with Crippen LogP contribution in [0.3, 0.4) is 0 Å². The number of nitrogens with zero attached hydrogens (tertiary/aromatic N) is 6. The Hall–Kier alpha value is -0.990. The number of hydrogen-bond acceptors (Lipinski definition) is 5. The van der Waals surface area contributed by atoms with Gasteiger partial charge in [-0.05, 0) is 41.9 Å². The fraction of sp³-hybridized carbons (Fsp3) is 0.800. The summed E-state index contributed by atoms with van der Waals surface area (Å²) in [6.45, 7) is 9.36. The van der Waals surface area contributed by atoms with Crippen molar-refractivity contribution in [1.29, 1.82) is 0 Å². The van der Waals surface area contributed by atoms with Crippen LogP contribution in [-0.2, 0) is 0 Å². The number of amidine groups is 1. The number of halogens is 1. The van der Waals surface area contributed by atoms with Crippen molar-refractivity contribution in [3.05, 3.63) is 11.4 Å². The Morgan fingerprint density at radius 3 is 2.13 bits per heavy atom. The van der Waals surface area contributed by atoms with Crippen molar-refractivity contribution in [1.82, 2.24) is 20.2 Å². The summed E-state index contributed by atoms with van der Waals surface area (Å²) in [5, 5.41) is 17.6. The van der Waals surface area contributed by atoms with E-state index < -0.39 is 0 Å². The molecule has 2 N–H and O–H groups in total. The maximum atomic E-state index is 4.70. The van der Waals surface area contributed by atoms with Crippen molar-refractivity contribution < 1.29 is 22.4 Å². The molecule has 2 rings (SSSR count). The van der Waals surface area contributed by atoms with Crippen molar-refractivity contribution in [3.8, 4) is 0 Å². The van der Waals surface area contributed by atoms with Crippen LogP contribution in [0.4, 0.5) is 0 Å². The number of hydrazine groups is 1. The minimum absolute atomic E-state index is 0. The van der Waals surface area contributed by atoms with E-state index in [0.717, 1.165) is 36.6 Å². The fourth-order valence-corrected chi connectivity index (χ4v) is 2.43. The first-order chi connectivity index (χ1) is 10.7. The average Bonchev–Trinajstić information content (AvgIpc) is 3.04. The molecule has 0 amide bonds. The number of quaternary nitrogens is 1. The highest BCUT2D eigenvalue weighted by molar-refractivity contribution is 5.73. The second-order valence-corrected chi connectivity index (χ2v) is 5.96. The smallest absolute Gasteiger partial charge is 0.241 e. The third kappa shape index (κ3) is 5.54. The van der Waals surface area contributed by atoms with Crippen LogP contribution in [-0.4, -0.2) is 32.6 Å². The Balaban J connectivity index is 0.00000264. The van der Waals surface area contributed by atoms with Gasteiger partial charge in [0.15, 0.2) is 0 Å². The van der Waals surface area contributed by atoms with Crippen LogP contribution in [0, 0.1) is 13.8 Å². The van der Waals surface area contributed by atoms with Crippen molar-refractivity contribution in [3.63, 3.8) is 0 Å². The van der Waals surface area contributed by atoms with Gasteiger partial charge in [0.25, 0.3) is 0 Å². The SMILES string of the molecule is CCCCCC1=NN(n2nc(C)c(C)n2)N(CCCCC)[NH2+]1.[Br-]. The van der Waals surface area contributed by atoms with Crippen molar-refractivity contribution in [2.24, 2.45) is 5.10 Å². The zero-order valence-corrected chi connectivity index (χ0v) is 16.4. The molecule has 132 valence electrons. The molecular formula is C15H30BrN7. The van der Waals surface area contributed by atoms with E-state index in [1.54, 1.807) is 10.1 Å². The van der Waals surface area contributed by atoms with Gasteiger partial charge in [0.05, 0.1) is 17.9 Å². The van der Waals surface area contributed by atoms with Crippen LogP contribution in [0.1, 0.15) is 70.2 Å². The zero-order valence-electron chi connectivity index (χ0n) is 14.8. The van der Waals surface area contributed by atoms with Crippen LogP contribution < -0.4 is 27.6 Å². The topological polar surface area (TPSA) is 66.2 Å². The Morgan fingerprint density at radius 2 is 1.52 bits per heavy atom. The van der Waals surface area contributed by atoms with Gasteiger partial charge in [-0.1, -0.05) is 44.6 Å². The maximum Gasteiger partial charge on any atom is 0.241 e. The summed E-state index contributed by atoms with van der Waals surface area (Å²) in [7, 11) is 0. The number of aryl methyl sites for hydroxylation is 2. The van der Waals surface area contributed by atoms with Gasteiger partial charge in [-0.3, -0.25) is 0 Å². The van der Waals surface area contributed by atoms with Gasteiger partial charge < -0.3 is 17.0 Å². The van der Waals surface area contributed by atoms with Crippen molar-refractivity contribution in [2.75, 3.05) is 11.8 Å². The van der Waals surface area contributed by atoms with Crippen molar-refractivity contribution >= 4 is 5.84 Å². The number of hydrazone groups is 1. The molecule has 0 aliphatic carbocycles. The lowest BCUT2D eigenvalue weighted by Gasteiger charge is -2.19. The van der Waals surface area contributed by atoms with Gasteiger partial charge in [0.1, 0.15) is 0 Å². The highest BCUT2D eigenvalue weighted by atomic mass is 79.9.